The fourth-order valence-electron chi connectivity index (χ4n) is 3.14. The average Bonchev–Trinajstić information content (AvgIpc) is 2.67. The van der Waals surface area contributed by atoms with Crippen molar-refractivity contribution in [2.75, 3.05) is 13.1 Å². The number of halogens is 1. The number of piperidine rings is 1. The molecule has 1 N–H and O–H groups in total. The van der Waals surface area contributed by atoms with E-state index in [1.54, 1.807) is 12.1 Å². The van der Waals surface area contributed by atoms with Gasteiger partial charge in [0, 0.05) is 41.9 Å². The smallest absolute Gasteiger partial charge is 0.407 e. The number of carbonyl (C=O) groups is 2. The number of hydrogen-bond acceptors (Lipinski definition) is 4. The molecule has 1 saturated heterocycles. The van der Waals surface area contributed by atoms with E-state index in [0.29, 0.717) is 42.9 Å². The normalized spacial score (nSPS) is 14.8. The van der Waals surface area contributed by atoms with E-state index >= 15 is 0 Å². The van der Waals surface area contributed by atoms with E-state index in [0.717, 1.165) is 5.69 Å². The fourth-order valence-corrected chi connectivity index (χ4v) is 3.14. The number of amides is 1. The lowest BCUT2D eigenvalue weighted by molar-refractivity contribution is 0.101. The van der Waals surface area contributed by atoms with Crippen LogP contribution < -0.4 is 4.74 Å². The molecule has 1 aliphatic heterocycles. The Bertz CT molecular complexity index is 848. The zero-order chi connectivity index (χ0) is 19.4. The first-order valence-corrected chi connectivity index (χ1v) is 8.81. The summed E-state index contributed by atoms with van der Waals surface area (Å²) in [5.74, 6) is -0.108. The van der Waals surface area contributed by atoms with Crippen molar-refractivity contribution in [3.63, 3.8) is 0 Å². The molecule has 2 heterocycles. The quantitative estimate of drug-likeness (QED) is 0.806. The van der Waals surface area contributed by atoms with Crippen molar-refractivity contribution in [1.82, 2.24) is 9.88 Å². The maximum Gasteiger partial charge on any atom is 0.407 e. The zero-order valence-electron chi connectivity index (χ0n) is 15.0. The van der Waals surface area contributed by atoms with E-state index in [9.17, 15) is 14.0 Å². The van der Waals surface area contributed by atoms with Crippen LogP contribution >= 0.6 is 0 Å². The number of Topliss-reactive ketones (excluding diaryl/α,β-unsaturated/α-hetero) is 1. The first-order chi connectivity index (χ1) is 12.9. The summed E-state index contributed by atoms with van der Waals surface area (Å²) in [7, 11) is 0. The van der Waals surface area contributed by atoms with Gasteiger partial charge in [0.15, 0.2) is 5.78 Å². The minimum absolute atomic E-state index is 0.0118. The number of rotatable bonds is 5. The first kappa shape index (κ1) is 18.8. The molecule has 1 aromatic carbocycles. The van der Waals surface area contributed by atoms with Crippen molar-refractivity contribution < 1.29 is 23.8 Å². The lowest BCUT2D eigenvalue weighted by Gasteiger charge is -2.29. The molecule has 142 valence electrons. The third kappa shape index (κ3) is 4.61. The molecule has 1 amide bonds. The molecule has 0 atom stereocenters. The van der Waals surface area contributed by atoms with E-state index in [2.05, 4.69) is 4.98 Å². The Morgan fingerprint density at radius 2 is 2.00 bits per heavy atom. The number of nitrogens with zero attached hydrogens (tertiary/aromatic N) is 2. The van der Waals surface area contributed by atoms with Gasteiger partial charge in [0.2, 0.25) is 5.88 Å². The van der Waals surface area contributed by atoms with Gasteiger partial charge in [0.05, 0.1) is 0 Å². The zero-order valence-corrected chi connectivity index (χ0v) is 15.0. The molecule has 1 fully saturated rings. The Kier molecular flexibility index (Phi) is 5.69. The van der Waals surface area contributed by atoms with Crippen molar-refractivity contribution >= 4 is 11.9 Å². The van der Waals surface area contributed by atoms with Crippen LogP contribution in [-0.4, -0.2) is 40.0 Å². The van der Waals surface area contributed by atoms with E-state index in [4.69, 9.17) is 9.84 Å². The van der Waals surface area contributed by atoms with E-state index in [1.165, 1.54) is 24.0 Å². The largest absolute Gasteiger partial charge is 0.473 e. The van der Waals surface area contributed by atoms with Gasteiger partial charge in [0.1, 0.15) is 12.4 Å². The topological polar surface area (TPSA) is 79.7 Å². The van der Waals surface area contributed by atoms with Gasteiger partial charge in [-0.1, -0.05) is 18.2 Å². The molecule has 2 aromatic rings. The second kappa shape index (κ2) is 8.16. The van der Waals surface area contributed by atoms with Gasteiger partial charge in [-0.2, -0.15) is 0 Å². The standard InChI is InChI=1S/C20H21FN2O4/c1-13(24)15-5-6-16(17(21)11-15)12-27-19-4-2-3-18(22-19)14-7-9-23(10-8-14)20(25)26/h2-6,11,14H,7-10,12H2,1H3,(H,25,26). The van der Waals surface area contributed by atoms with Crippen molar-refractivity contribution in [1.29, 1.82) is 0 Å². The minimum atomic E-state index is -0.892. The van der Waals surface area contributed by atoms with E-state index < -0.39 is 11.9 Å². The Hall–Kier alpha value is -2.96. The summed E-state index contributed by atoms with van der Waals surface area (Å²) in [6, 6.07) is 9.76. The van der Waals surface area contributed by atoms with Crippen LogP contribution in [-0.2, 0) is 6.61 Å². The predicted octanol–water partition coefficient (Wildman–Crippen LogP) is 3.86. The summed E-state index contributed by atoms with van der Waals surface area (Å²) in [6.45, 7) is 2.38. The third-order valence-corrected chi connectivity index (χ3v) is 4.76. The summed E-state index contributed by atoms with van der Waals surface area (Å²) in [4.78, 5) is 28.2. The molecule has 27 heavy (non-hydrogen) atoms. The molecule has 3 rings (SSSR count). The van der Waals surface area contributed by atoms with Crippen LogP contribution in [0.2, 0.25) is 0 Å². The molecule has 0 spiro atoms. The van der Waals surface area contributed by atoms with Crippen molar-refractivity contribution in [3.05, 3.63) is 59.0 Å². The molecule has 0 unspecified atom stereocenters. The van der Waals surface area contributed by atoms with Crippen molar-refractivity contribution in [2.24, 2.45) is 0 Å². The summed E-state index contributed by atoms with van der Waals surface area (Å²) in [5.41, 5.74) is 1.52. The number of pyridine rings is 1. The van der Waals surface area contributed by atoms with Crippen LogP contribution in [0.1, 0.15) is 47.3 Å². The van der Waals surface area contributed by atoms with E-state index in [-0.39, 0.29) is 18.3 Å². The fraction of sp³-hybridized carbons (Fsp3) is 0.350. The molecule has 0 aliphatic carbocycles. The predicted molar refractivity (Wildman–Crippen MR) is 96.5 cm³/mol. The van der Waals surface area contributed by atoms with Crippen LogP contribution in [0, 0.1) is 5.82 Å². The van der Waals surface area contributed by atoms with Gasteiger partial charge in [-0.3, -0.25) is 4.79 Å². The molecule has 0 saturated carbocycles. The molecule has 1 aliphatic rings. The van der Waals surface area contributed by atoms with Crippen molar-refractivity contribution in [2.45, 2.75) is 32.3 Å². The van der Waals surface area contributed by atoms with Crippen molar-refractivity contribution in [3.8, 4) is 5.88 Å². The van der Waals surface area contributed by atoms with Crippen LogP contribution in [0.5, 0.6) is 5.88 Å². The van der Waals surface area contributed by atoms with Gasteiger partial charge < -0.3 is 14.7 Å². The number of likely N-dealkylation sites (tertiary alicyclic amines) is 1. The van der Waals surface area contributed by atoms with Gasteiger partial charge in [-0.15, -0.1) is 0 Å². The number of carboxylic acid groups (broad SMARTS) is 1. The number of hydrogen-bond donors (Lipinski definition) is 1. The maximum absolute atomic E-state index is 14.1. The summed E-state index contributed by atoms with van der Waals surface area (Å²) >= 11 is 0. The molecule has 7 heteroatoms. The van der Waals surface area contributed by atoms with E-state index in [1.807, 2.05) is 12.1 Å². The number of ether oxygens (including phenoxy) is 1. The van der Waals surface area contributed by atoms with Crippen LogP contribution in [0.15, 0.2) is 36.4 Å². The summed E-state index contributed by atoms with van der Waals surface area (Å²) in [5, 5.41) is 9.03. The Morgan fingerprint density at radius 3 is 2.63 bits per heavy atom. The van der Waals surface area contributed by atoms with Crippen LogP contribution in [0.25, 0.3) is 0 Å². The molecule has 6 nitrogen and oxygen atoms in total. The highest BCUT2D eigenvalue weighted by Crippen LogP contribution is 2.28. The first-order valence-electron chi connectivity index (χ1n) is 8.81. The monoisotopic (exact) mass is 372 g/mol. The molecular weight excluding hydrogens is 351 g/mol. The molecular formula is C20H21FN2O4. The molecule has 0 radical (unpaired) electrons. The number of benzene rings is 1. The summed E-state index contributed by atoms with van der Waals surface area (Å²) < 4.78 is 19.7. The Labute approximate surface area is 156 Å². The van der Waals surface area contributed by atoms with Gasteiger partial charge >= 0.3 is 6.09 Å². The highest BCUT2D eigenvalue weighted by molar-refractivity contribution is 5.94. The van der Waals surface area contributed by atoms with Gasteiger partial charge in [-0.05, 0) is 31.9 Å². The van der Waals surface area contributed by atoms with Gasteiger partial charge in [0.25, 0.3) is 0 Å². The summed E-state index contributed by atoms with van der Waals surface area (Å²) in [6.07, 6.45) is 0.532. The maximum atomic E-state index is 14.1. The number of aromatic nitrogens is 1. The van der Waals surface area contributed by atoms with Crippen LogP contribution in [0.3, 0.4) is 0 Å². The third-order valence-electron chi connectivity index (χ3n) is 4.76. The molecule has 0 bridgehead atoms. The molecule has 1 aromatic heterocycles. The number of carbonyl (C=O) groups excluding carboxylic acids is 1. The Morgan fingerprint density at radius 1 is 1.26 bits per heavy atom. The Balaban J connectivity index is 1.63. The SMILES string of the molecule is CC(=O)c1ccc(COc2cccc(C3CCN(C(=O)O)CC3)n2)c(F)c1. The van der Waals surface area contributed by atoms with Crippen LogP contribution in [0.4, 0.5) is 9.18 Å². The number of ketones is 1. The lowest BCUT2D eigenvalue weighted by Crippen LogP contribution is -2.36. The highest BCUT2D eigenvalue weighted by atomic mass is 19.1. The second-order valence-corrected chi connectivity index (χ2v) is 6.60. The highest BCUT2D eigenvalue weighted by Gasteiger charge is 2.24. The average molecular weight is 372 g/mol. The second-order valence-electron chi connectivity index (χ2n) is 6.60. The lowest BCUT2D eigenvalue weighted by atomic mass is 9.93. The minimum Gasteiger partial charge on any atom is -0.473 e. The van der Waals surface area contributed by atoms with Gasteiger partial charge in [-0.25, -0.2) is 14.2 Å².